The summed E-state index contributed by atoms with van der Waals surface area (Å²) in [6.45, 7) is -0.855. The summed E-state index contributed by atoms with van der Waals surface area (Å²) in [5.41, 5.74) is -0.373. The molecule has 1 saturated heterocycles. The number of aromatic nitrogens is 4. The van der Waals surface area contributed by atoms with Crippen LogP contribution in [-0.4, -0.2) is 69.3 Å². The number of phosphoric acid groups is 2. The number of phosphoric ester groups is 1. The molecular weight excluding hydrogens is 446 g/mol. The summed E-state index contributed by atoms with van der Waals surface area (Å²) in [5.74, 6) is 0. The number of nitrogens with zero attached hydrogens (tertiary/aromatic N) is 2. The fourth-order valence-electron chi connectivity index (χ4n) is 2.57. The molecule has 0 saturated carbocycles. The maximum absolute atomic E-state index is 11.6. The quantitative estimate of drug-likeness (QED) is 0.195. The molecule has 1 aliphatic rings. The van der Waals surface area contributed by atoms with Crippen LogP contribution in [0, 0.1) is 4.64 Å². The molecule has 2 aromatic heterocycles. The number of H-pyrrole nitrogens is 2. The van der Waals surface area contributed by atoms with Gasteiger partial charge in [-0.2, -0.15) is 4.31 Å². The first-order valence-corrected chi connectivity index (χ1v) is 10.8. The van der Waals surface area contributed by atoms with Gasteiger partial charge in [0.1, 0.15) is 34.1 Å². The summed E-state index contributed by atoms with van der Waals surface area (Å²) in [6, 6.07) is 0. The number of imidazole rings is 1. The largest absolute Gasteiger partial charge is 0.481 e. The number of hydrogen-bond acceptors (Lipinski definition) is 10. The molecule has 0 radical (unpaired) electrons. The Balaban J connectivity index is 1.80. The van der Waals surface area contributed by atoms with E-state index < -0.39 is 52.5 Å². The van der Waals surface area contributed by atoms with Crippen LogP contribution >= 0.6 is 27.9 Å². The van der Waals surface area contributed by atoms with E-state index in [0.717, 1.165) is 0 Å². The van der Waals surface area contributed by atoms with E-state index in [1.807, 2.05) is 0 Å². The van der Waals surface area contributed by atoms with Crippen LogP contribution in [-0.2, 0) is 22.7 Å². The van der Waals surface area contributed by atoms with Crippen molar-refractivity contribution in [2.45, 2.75) is 24.5 Å². The van der Waals surface area contributed by atoms with Crippen LogP contribution in [0.3, 0.4) is 0 Å². The molecule has 5 atom stereocenters. The molecule has 1 fully saturated rings. The minimum Gasteiger partial charge on any atom is -0.387 e. The summed E-state index contributed by atoms with van der Waals surface area (Å²) in [6.07, 6.45) is -4.69. The number of aromatic amines is 2. The van der Waals surface area contributed by atoms with E-state index in [0.29, 0.717) is 0 Å². The third-order valence-electron chi connectivity index (χ3n) is 3.69. The van der Waals surface area contributed by atoms with Gasteiger partial charge in [0, 0.05) is 0 Å². The predicted molar refractivity (Wildman–Crippen MR) is 90.4 cm³/mol. The Hall–Kier alpha value is -1.29. The zero-order chi connectivity index (χ0) is 20.9. The molecule has 0 aromatic carbocycles. The number of nitrogens with one attached hydrogen (secondary N) is 2. The minimum atomic E-state index is -5.31. The molecule has 1 aliphatic heterocycles. The van der Waals surface area contributed by atoms with Crippen molar-refractivity contribution < 1.29 is 47.6 Å². The smallest absolute Gasteiger partial charge is 0.387 e. The summed E-state index contributed by atoms with van der Waals surface area (Å²) in [5, 5.41) is 20.3. The molecule has 0 aliphatic carbocycles. The number of fused-ring (bicyclic) bond motifs is 1. The topological polar surface area (TPSA) is 229 Å². The van der Waals surface area contributed by atoms with Gasteiger partial charge in [-0.15, -0.1) is 0 Å². The van der Waals surface area contributed by atoms with Crippen LogP contribution in [0.5, 0.6) is 0 Å². The molecule has 3 unspecified atom stereocenters. The molecule has 3 heterocycles. The first-order valence-electron chi connectivity index (χ1n) is 7.33. The molecule has 18 heteroatoms. The van der Waals surface area contributed by atoms with Crippen LogP contribution in [0.15, 0.2) is 11.1 Å². The lowest BCUT2D eigenvalue weighted by atomic mass is 10.1. The maximum Gasteiger partial charge on any atom is 0.481 e. The van der Waals surface area contributed by atoms with Crippen molar-refractivity contribution in [1.82, 2.24) is 19.5 Å². The van der Waals surface area contributed by atoms with Crippen LogP contribution in [0.25, 0.3) is 11.2 Å². The Morgan fingerprint density at radius 3 is 2.57 bits per heavy atom. The second kappa shape index (κ2) is 7.51. The van der Waals surface area contributed by atoms with Crippen LogP contribution in [0.2, 0.25) is 0 Å². The van der Waals surface area contributed by atoms with Crippen molar-refractivity contribution in [3.63, 3.8) is 0 Å². The van der Waals surface area contributed by atoms with Gasteiger partial charge in [0.2, 0.25) is 0 Å². The Morgan fingerprint density at radius 1 is 1.25 bits per heavy atom. The highest BCUT2D eigenvalue weighted by Gasteiger charge is 2.45. The third kappa shape index (κ3) is 4.48. The fraction of sp³-hybridized carbons (Fsp3) is 0.500. The molecule has 28 heavy (non-hydrogen) atoms. The van der Waals surface area contributed by atoms with Crippen LogP contribution < -0.4 is 5.69 Å². The van der Waals surface area contributed by atoms with E-state index in [1.165, 1.54) is 10.9 Å². The Kier molecular flexibility index (Phi) is 5.75. The second-order valence-electron chi connectivity index (χ2n) is 5.64. The van der Waals surface area contributed by atoms with Crippen LogP contribution in [0.1, 0.15) is 6.23 Å². The van der Waals surface area contributed by atoms with Crippen LogP contribution in [0.4, 0.5) is 0 Å². The molecule has 0 spiro atoms. The molecule has 7 N–H and O–H groups in total. The maximum atomic E-state index is 11.6. The van der Waals surface area contributed by atoms with Crippen molar-refractivity contribution in [1.29, 1.82) is 0 Å². The van der Waals surface area contributed by atoms with E-state index in [9.17, 15) is 29.0 Å². The van der Waals surface area contributed by atoms with Crippen molar-refractivity contribution in [3.05, 3.63) is 21.5 Å². The Morgan fingerprint density at radius 2 is 1.93 bits per heavy atom. The first-order chi connectivity index (χ1) is 12.9. The Bertz CT molecular complexity index is 1090. The van der Waals surface area contributed by atoms with E-state index in [4.69, 9.17) is 26.7 Å². The molecular formula is C10H14N4O11P2S. The average molecular weight is 460 g/mol. The van der Waals surface area contributed by atoms with Gasteiger partial charge in [-0.25, -0.2) is 18.9 Å². The van der Waals surface area contributed by atoms with Gasteiger partial charge in [-0.1, -0.05) is 12.2 Å². The molecule has 0 bridgehead atoms. The van der Waals surface area contributed by atoms with Gasteiger partial charge in [0.05, 0.1) is 12.9 Å². The lowest BCUT2D eigenvalue weighted by Crippen LogP contribution is -2.33. The number of rotatable bonds is 6. The molecule has 15 nitrogen and oxygen atoms in total. The van der Waals surface area contributed by atoms with Gasteiger partial charge in [0.25, 0.3) is 0 Å². The van der Waals surface area contributed by atoms with Gasteiger partial charge in [-0.05, 0) is 0 Å². The average Bonchev–Trinajstić information content (AvgIpc) is 3.06. The van der Waals surface area contributed by atoms with E-state index in [2.05, 4.69) is 23.8 Å². The molecule has 0 amide bonds. The van der Waals surface area contributed by atoms with E-state index in [1.54, 1.807) is 0 Å². The standard InChI is InChI=1S/C10H14N4O11P2S/c15-5-3(1-23-27(21,22)25-26(18,19)20)24-9(6(5)16)14-2-11-4-7(14)12-10(17)13-8(4)28/h2-3,5-6,9,15-16H,1H2,(H,21,22)(H2,18,19,20)(H2,12,13,17,28)/t3-,5?,6?,9-/m0/s1. The number of aliphatic hydroxyl groups is 2. The SMILES string of the molecule is O=c1[nH]c(=S)c2ncn([C@H]3O[C@@H](COP(=O)(O)OP(=O)(O)O)C(O)C3O)c2[nH]1. The Labute approximate surface area is 159 Å². The highest BCUT2D eigenvalue weighted by atomic mass is 32.1. The fourth-order valence-corrected chi connectivity index (χ4v) is 4.41. The summed E-state index contributed by atoms with van der Waals surface area (Å²) in [4.78, 5) is 46.7. The van der Waals surface area contributed by atoms with Gasteiger partial charge >= 0.3 is 21.3 Å². The second-order valence-corrected chi connectivity index (χ2v) is 8.88. The van der Waals surface area contributed by atoms with Crippen molar-refractivity contribution in [2.24, 2.45) is 0 Å². The number of hydrogen-bond donors (Lipinski definition) is 7. The van der Waals surface area contributed by atoms with Gasteiger partial charge in [-0.3, -0.25) is 19.1 Å². The number of ether oxygens (including phenoxy) is 1. The predicted octanol–water partition coefficient (Wildman–Crippen LogP) is -1.37. The van der Waals surface area contributed by atoms with Gasteiger partial charge < -0.3 is 29.6 Å². The summed E-state index contributed by atoms with van der Waals surface area (Å²) < 4.78 is 36.7. The van der Waals surface area contributed by atoms with E-state index in [-0.39, 0.29) is 15.8 Å². The highest BCUT2D eigenvalue weighted by molar-refractivity contribution is 7.71. The molecule has 156 valence electrons. The minimum absolute atomic E-state index is 0.0289. The summed E-state index contributed by atoms with van der Waals surface area (Å²) >= 11 is 4.97. The number of aliphatic hydroxyl groups excluding tert-OH is 2. The van der Waals surface area contributed by atoms with Gasteiger partial charge in [0.15, 0.2) is 6.23 Å². The highest BCUT2D eigenvalue weighted by Crippen LogP contribution is 2.57. The van der Waals surface area contributed by atoms with E-state index >= 15 is 0 Å². The lowest BCUT2D eigenvalue weighted by molar-refractivity contribution is -0.0503. The van der Waals surface area contributed by atoms with Crippen molar-refractivity contribution >= 4 is 39.0 Å². The lowest BCUT2D eigenvalue weighted by Gasteiger charge is -2.17. The normalized spacial score (nSPS) is 27.9. The first kappa shape index (κ1) is 21.4. The third-order valence-corrected chi connectivity index (χ3v) is 6.14. The molecule has 3 rings (SSSR count). The zero-order valence-corrected chi connectivity index (χ0v) is 16.1. The van der Waals surface area contributed by atoms with Crippen molar-refractivity contribution in [3.8, 4) is 0 Å². The molecule has 2 aromatic rings. The monoisotopic (exact) mass is 460 g/mol. The summed E-state index contributed by atoms with van der Waals surface area (Å²) in [7, 11) is -10.5. The van der Waals surface area contributed by atoms with Crippen molar-refractivity contribution in [2.75, 3.05) is 6.61 Å². The zero-order valence-electron chi connectivity index (χ0n) is 13.5.